The van der Waals surface area contributed by atoms with Gasteiger partial charge in [-0.3, -0.25) is 9.78 Å². The Labute approximate surface area is 209 Å². The number of rotatable bonds is 5. The van der Waals surface area contributed by atoms with Gasteiger partial charge in [-0.05, 0) is 42.7 Å². The number of benzene rings is 1. The maximum atomic E-state index is 12.7. The van der Waals surface area contributed by atoms with Crippen LogP contribution in [0.2, 0.25) is 0 Å². The van der Waals surface area contributed by atoms with E-state index in [4.69, 9.17) is 0 Å². The number of aromatic nitrogens is 6. The van der Waals surface area contributed by atoms with Gasteiger partial charge in [0.15, 0.2) is 5.82 Å². The zero-order chi connectivity index (χ0) is 24.8. The zero-order valence-corrected chi connectivity index (χ0v) is 20.6. The summed E-state index contributed by atoms with van der Waals surface area (Å²) in [4.78, 5) is 23.6. The topological polar surface area (TPSA) is 81.7 Å². The minimum atomic E-state index is 0.0290. The van der Waals surface area contributed by atoms with Crippen LogP contribution in [0.25, 0.3) is 44.7 Å². The monoisotopic (exact) mass is 477 g/mol. The van der Waals surface area contributed by atoms with E-state index in [-0.39, 0.29) is 5.91 Å². The SMILES string of the molecule is CC[C@@H](C)n1cnnc1-c1ccc(-c2cncc(-c3ccnc4c3cc3n4CCN(C)C3=O)c2)cc1. The molecule has 0 unspecified atom stereocenters. The number of pyridine rings is 2. The third-order valence-electron chi connectivity index (χ3n) is 7.19. The van der Waals surface area contributed by atoms with Crippen LogP contribution in [0.4, 0.5) is 0 Å². The molecule has 1 aliphatic heterocycles. The van der Waals surface area contributed by atoms with E-state index in [2.05, 4.69) is 68.9 Å². The highest BCUT2D eigenvalue weighted by atomic mass is 16.2. The Balaban J connectivity index is 1.37. The fourth-order valence-corrected chi connectivity index (χ4v) is 4.88. The normalized spacial score (nSPS) is 14.3. The van der Waals surface area contributed by atoms with Crippen molar-refractivity contribution in [2.75, 3.05) is 13.6 Å². The second-order valence-electron chi connectivity index (χ2n) is 9.36. The van der Waals surface area contributed by atoms with Crippen molar-refractivity contribution in [3.8, 4) is 33.6 Å². The summed E-state index contributed by atoms with van der Waals surface area (Å²) in [5.41, 5.74) is 6.65. The number of carbonyl (C=O) groups is 1. The average Bonchev–Trinajstić information content (AvgIpc) is 3.56. The predicted molar refractivity (Wildman–Crippen MR) is 139 cm³/mol. The molecule has 36 heavy (non-hydrogen) atoms. The van der Waals surface area contributed by atoms with Gasteiger partial charge in [0.1, 0.15) is 17.7 Å². The summed E-state index contributed by atoms with van der Waals surface area (Å²) >= 11 is 0. The van der Waals surface area contributed by atoms with Crippen LogP contribution in [0.15, 0.2) is 67.4 Å². The third kappa shape index (κ3) is 3.57. The first-order chi connectivity index (χ1) is 17.5. The molecule has 1 aliphatic rings. The molecular formula is C28H27N7O. The first kappa shape index (κ1) is 22.2. The molecule has 0 saturated heterocycles. The molecule has 5 aromatic rings. The summed E-state index contributed by atoms with van der Waals surface area (Å²) in [6.07, 6.45) is 8.36. The summed E-state index contributed by atoms with van der Waals surface area (Å²) in [6.45, 7) is 5.76. The molecule has 0 spiro atoms. The summed E-state index contributed by atoms with van der Waals surface area (Å²) < 4.78 is 4.14. The van der Waals surface area contributed by atoms with E-state index in [1.807, 2.05) is 42.3 Å². The van der Waals surface area contributed by atoms with Gasteiger partial charge in [-0.2, -0.15) is 0 Å². The largest absolute Gasteiger partial charge is 0.339 e. The lowest BCUT2D eigenvalue weighted by molar-refractivity contribution is 0.0751. The summed E-state index contributed by atoms with van der Waals surface area (Å²) in [5.74, 6) is 0.904. The minimum absolute atomic E-state index is 0.0290. The molecule has 0 aliphatic carbocycles. The van der Waals surface area contributed by atoms with E-state index < -0.39 is 0 Å². The summed E-state index contributed by atoms with van der Waals surface area (Å²) in [7, 11) is 1.84. The molecule has 0 N–H and O–H groups in total. The molecule has 6 rings (SSSR count). The smallest absolute Gasteiger partial charge is 0.270 e. The van der Waals surface area contributed by atoms with E-state index in [0.717, 1.165) is 57.6 Å². The van der Waals surface area contributed by atoms with Crippen molar-refractivity contribution in [1.82, 2.24) is 34.2 Å². The quantitative estimate of drug-likeness (QED) is 0.353. The molecule has 0 bridgehead atoms. The van der Waals surface area contributed by atoms with Gasteiger partial charge in [-0.1, -0.05) is 31.2 Å². The number of carbonyl (C=O) groups excluding carboxylic acids is 1. The number of nitrogens with zero attached hydrogens (tertiary/aromatic N) is 7. The molecule has 0 radical (unpaired) electrons. The van der Waals surface area contributed by atoms with Crippen molar-refractivity contribution >= 4 is 16.9 Å². The number of fused-ring (bicyclic) bond motifs is 3. The highest BCUT2D eigenvalue weighted by molar-refractivity contribution is 6.03. The van der Waals surface area contributed by atoms with Crippen LogP contribution in [0.3, 0.4) is 0 Å². The van der Waals surface area contributed by atoms with Crippen molar-refractivity contribution in [2.45, 2.75) is 32.9 Å². The third-order valence-corrected chi connectivity index (χ3v) is 7.19. The fourth-order valence-electron chi connectivity index (χ4n) is 4.88. The van der Waals surface area contributed by atoms with Gasteiger partial charge in [0, 0.05) is 66.8 Å². The summed E-state index contributed by atoms with van der Waals surface area (Å²) in [6, 6.07) is 14.8. The lowest BCUT2D eigenvalue weighted by atomic mass is 10.00. The molecule has 0 fully saturated rings. The molecule has 5 heterocycles. The molecule has 180 valence electrons. The molecule has 1 atom stereocenters. The molecule has 4 aromatic heterocycles. The second kappa shape index (κ2) is 8.71. The van der Waals surface area contributed by atoms with Crippen molar-refractivity contribution in [2.24, 2.45) is 0 Å². The van der Waals surface area contributed by atoms with E-state index >= 15 is 0 Å². The number of hydrogen-bond acceptors (Lipinski definition) is 5. The first-order valence-corrected chi connectivity index (χ1v) is 12.2. The Morgan fingerprint density at radius 2 is 1.75 bits per heavy atom. The van der Waals surface area contributed by atoms with Crippen LogP contribution >= 0.6 is 0 Å². The molecule has 1 amide bonds. The van der Waals surface area contributed by atoms with Crippen LogP contribution in [0, 0.1) is 0 Å². The Hall–Kier alpha value is -4.33. The Kier molecular flexibility index (Phi) is 5.36. The number of likely N-dealkylation sites (N-methyl/N-ethyl adjacent to an activating group) is 1. The van der Waals surface area contributed by atoms with E-state index in [0.29, 0.717) is 18.3 Å². The number of hydrogen-bond donors (Lipinski definition) is 0. The van der Waals surface area contributed by atoms with Gasteiger partial charge in [-0.15, -0.1) is 10.2 Å². The maximum Gasteiger partial charge on any atom is 0.270 e. The van der Waals surface area contributed by atoms with Gasteiger partial charge in [0.25, 0.3) is 5.91 Å². The lowest BCUT2D eigenvalue weighted by Crippen LogP contribution is -2.36. The molecule has 8 nitrogen and oxygen atoms in total. The standard InChI is InChI=1S/C28H27N7O/c1-4-18(2)35-17-31-32-26(35)20-7-5-19(6-8-20)21-13-22(16-29-15-21)23-9-10-30-27-24(23)14-25-28(36)33(3)11-12-34(25)27/h5-10,13-18H,4,11-12H2,1-3H3/t18-/m1/s1. The Morgan fingerprint density at radius 1 is 0.972 bits per heavy atom. The average molecular weight is 478 g/mol. The van der Waals surface area contributed by atoms with Crippen LogP contribution in [-0.4, -0.2) is 53.7 Å². The molecule has 1 aromatic carbocycles. The Morgan fingerprint density at radius 3 is 2.56 bits per heavy atom. The van der Waals surface area contributed by atoms with Crippen molar-refractivity contribution in [3.05, 3.63) is 73.1 Å². The van der Waals surface area contributed by atoms with E-state index in [1.54, 1.807) is 11.2 Å². The van der Waals surface area contributed by atoms with Crippen LogP contribution in [0.1, 0.15) is 36.8 Å². The molecule has 8 heteroatoms. The van der Waals surface area contributed by atoms with Gasteiger partial charge < -0.3 is 14.0 Å². The van der Waals surface area contributed by atoms with Crippen molar-refractivity contribution in [1.29, 1.82) is 0 Å². The summed E-state index contributed by atoms with van der Waals surface area (Å²) in [5, 5.41) is 9.43. The second-order valence-corrected chi connectivity index (χ2v) is 9.36. The highest BCUT2D eigenvalue weighted by Crippen LogP contribution is 2.33. The van der Waals surface area contributed by atoms with Gasteiger partial charge in [0.2, 0.25) is 0 Å². The zero-order valence-electron chi connectivity index (χ0n) is 20.6. The van der Waals surface area contributed by atoms with Gasteiger partial charge >= 0.3 is 0 Å². The fraction of sp³-hybridized carbons (Fsp3) is 0.250. The van der Waals surface area contributed by atoms with Gasteiger partial charge in [-0.25, -0.2) is 4.98 Å². The predicted octanol–water partition coefficient (Wildman–Crippen LogP) is 5.08. The first-order valence-electron chi connectivity index (χ1n) is 12.2. The van der Waals surface area contributed by atoms with Crippen molar-refractivity contribution < 1.29 is 4.79 Å². The van der Waals surface area contributed by atoms with Crippen molar-refractivity contribution in [3.63, 3.8) is 0 Å². The van der Waals surface area contributed by atoms with Crippen LogP contribution < -0.4 is 0 Å². The van der Waals surface area contributed by atoms with Gasteiger partial charge in [0.05, 0.1) is 0 Å². The molecule has 0 saturated carbocycles. The molecular weight excluding hydrogens is 450 g/mol. The maximum absolute atomic E-state index is 12.7. The lowest BCUT2D eigenvalue weighted by Gasteiger charge is -2.24. The van der Waals surface area contributed by atoms with E-state index in [1.165, 1.54) is 0 Å². The minimum Gasteiger partial charge on any atom is -0.339 e. The Bertz CT molecular complexity index is 1580. The van der Waals surface area contributed by atoms with Crippen LogP contribution in [-0.2, 0) is 6.54 Å². The number of amides is 1. The van der Waals surface area contributed by atoms with E-state index in [9.17, 15) is 4.79 Å². The van der Waals surface area contributed by atoms with Crippen LogP contribution in [0.5, 0.6) is 0 Å². The highest BCUT2D eigenvalue weighted by Gasteiger charge is 2.25.